The van der Waals surface area contributed by atoms with Gasteiger partial charge in [-0.2, -0.15) is 0 Å². The molecule has 0 aromatic heterocycles. The average Bonchev–Trinajstić information content (AvgIpc) is 2.08. The highest BCUT2D eigenvalue weighted by Crippen LogP contribution is 2.30. The van der Waals surface area contributed by atoms with Crippen molar-refractivity contribution in [1.82, 2.24) is 5.32 Å². The van der Waals surface area contributed by atoms with E-state index in [1.165, 1.54) is 6.26 Å². The van der Waals surface area contributed by atoms with Crippen molar-refractivity contribution >= 4 is 5.91 Å². The minimum atomic E-state index is -0.433. The van der Waals surface area contributed by atoms with Crippen molar-refractivity contribution in [1.29, 1.82) is 0 Å². The van der Waals surface area contributed by atoms with Gasteiger partial charge in [0.2, 0.25) is 5.91 Å². The van der Waals surface area contributed by atoms with Gasteiger partial charge in [-0.15, -0.1) is 0 Å². The number of carbonyl (C=O) groups excluding carboxylic acids is 1. The molecule has 1 saturated heterocycles. The first-order valence-corrected chi connectivity index (χ1v) is 6.03. The molecule has 0 radical (unpaired) electrons. The summed E-state index contributed by atoms with van der Waals surface area (Å²) in [6, 6.07) is 0. The van der Waals surface area contributed by atoms with Crippen molar-refractivity contribution in [2.75, 3.05) is 0 Å². The zero-order valence-corrected chi connectivity index (χ0v) is 11.5. The van der Waals surface area contributed by atoms with E-state index in [2.05, 4.69) is 33.0 Å². The van der Waals surface area contributed by atoms with E-state index >= 15 is 0 Å². The van der Waals surface area contributed by atoms with E-state index in [1.807, 2.05) is 0 Å². The molecule has 0 bridgehead atoms. The zero-order valence-electron chi connectivity index (χ0n) is 11.5. The molecule has 0 aromatic carbocycles. The van der Waals surface area contributed by atoms with Gasteiger partial charge >= 0.3 is 0 Å². The average molecular weight is 240 g/mol. The van der Waals surface area contributed by atoms with Gasteiger partial charge in [0.25, 0.3) is 0 Å². The standard InChI is InChI=1S/C13H24N2O2/c1-9(11(14)16)8-17-10-6-12(2,3)15-13(4,5)7-10/h8,10,15H,6-7H2,1-5H3,(H2,14,16). The van der Waals surface area contributed by atoms with Crippen LogP contribution in [-0.2, 0) is 9.53 Å². The van der Waals surface area contributed by atoms with Crippen LogP contribution in [0.1, 0.15) is 47.5 Å². The van der Waals surface area contributed by atoms with E-state index < -0.39 is 5.91 Å². The Morgan fingerprint density at radius 1 is 1.29 bits per heavy atom. The maximum absolute atomic E-state index is 10.9. The number of ether oxygens (including phenoxy) is 1. The summed E-state index contributed by atoms with van der Waals surface area (Å²) in [6.07, 6.45) is 3.44. The molecule has 1 rings (SSSR count). The molecule has 0 saturated carbocycles. The highest BCUT2D eigenvalue weighted by molar-refractivity contribution is 5.90. The van der Waals surface area contributed by atoms with E-state index in [1.54, 1.807) is 6.92 Å². The van der Waals surface area contributed by atoms with Crippen molar-refractivity contribution in [2.45, 2.75) is 64.6 Å². The van der Waals surface area contributed by atoms with Crippen LogP contribution in [0.15, 0.2) is 11.8 Å². The van der Waals surface area contributed by atoms with Gasteiger partial charge in [-0.3, -0.25) is 4.79 Å². The SMILES string of the molecule is CC(=COC1CC(C)(C)NC(C)(C)C1)C(N)=O. The third-order valence-corrected chi connectivity index (χ3v) is 2.98. The summed E-state index contributed by atoms with van der Waals surface area (Å²) in [5, 5.41) is 3.58. The number of hydrogen-bond donors (Lipinski definition) is 2. The lowest BCUT2D eigenvalue weighted by molar-refractivity contribution is -0.114. The molecule has 0 aliphatic carbocycles. The number of nitrogens with two attached hydrogens (primary N) is 1. The predicted molar refractivity (Wildman–Crippen MR) is 68.4 cm³/mol. The molecule has 98 valence electrons. The number of primary amides is 1. The summed E-state index contributed by atoms with van der Waals surface area (Å²) in [6.45, 7) is 10.3. The Kier molecular flexibility index (Phi) is 3.87. The minimum absolute atomic E-state index is 0.0425. The predicted octanol–water partition coefficient (Wildman–Crippen LogP) is 1.70. The lowest BCUT2D eigenvalue weighted by atomic mass is 9.81. The molecule has 1 aliphatic rings. The van der Waals surface area contributed by atoms with Crippen LogP contribution >= 0.6 is 0 Å². The largest absolute Gasteiger partial charge is 0.497 e. The normalized spacial score (nSPS) is 24.4. The highest BCUT2D eigenvalue weighted by atomic mass is 16.5. The Bertz CT molecular complexity index is 316. The fourth-order valence-electron chi connectivity index (χ4n) is 2.58. The van der Waals surface area contributed by atoms with E-state index in [4.69, 9.17) is 10.5 Å². The van der Waals surface area contributed by atoms with Crippen molar-refractivity contribution in [3.05, 3.63) is 11.8 Å². The Labute approximate surface area is 104 Å². The molecule has 3 N–H and O–H groups in total. The van der Waals surface area contributed by atoms with Gasteiger partial charge in [0.05, 0.1) is 6.26 Å². The van der Waals surface area contributed by atoms with Gasteiger partial charge in [-0.05, 0) is 34.6 Å². The first kappa shape index (κ1) is 14.0. The van der Waals surface area contributed by atoms with Crippen molar-refractivity contribution in [2.24, 2.45) is 5.73 Å². The van der Waals surface area contributed by atoms with Crippen molar-refractivity contribution in [3.63, 3.8) is 0 Å². The van der Waals surface area contributed by atoms with E-state index in [0.717, 1.165) is 12.8 Å². The van der Waals surface area contributed by atoms with Crippen LogP contribution in [0.3, 0.4) is 0 Å². The highest BCUT2D eigenvalue weighted by Gasteiger charge is 2.38. The summed E-state index contributed by atoms with van der Waals surface area (Å²) in [7, 11) is 0. The van der Waals surface area contributed by atoms with Gasteiger partial charge in [0.1, 0.15) is 6.10 Å². The molecule has 0 unspecified atom stereocenters. The Morgan fingerprint density at radius 3 is 2.18 bits per heavy atom. The minimum Gasteiger partial charge on any atom is -0.497 e. The second-order valence-corrected chi connectivity index (χ2v) is 6.22. The first-order valence-electron chi connectivity index (χ1n) is 6.03. The van der Waals surface area contributed by atoms with Gasteiger partial charge in [0, 0.05) is 29.5 Å². The smallest absolute Gasteiger partial charge is 0.247 e. The lowest BCUT2D eigenvalue weighted by Crippen LogP contribution is -2.59. The zero-order chi connectivity index (χ0) is 13.3. The van der Waals surface area contributed by atoms with Gasteiger partial charge in [0.15, 0.2) is 0 Å². The number of piperidine rings is 1. The Balaban J connectivity index is 2.66. The van der Waals surface area contributed by atoms with E-state index in [-0.39, 0.29) is 17.2 Å². The van der Waals surface area contributed by atoms with Crippen LogP contribution in [0, 0.1) is 0 Å². The van der Waals surface area contributed by atoms with E-state index in [9.17, 15) is 4.79 Å². The summed E-state index contributed by atoms with van der Waals surface area (Å²) >= 11 is 0. The maximum Gasteiger partial charge on any atom is 0.247 e. The summed E-state index contributed by atoms with van der Waals surface area (Å²) in [5.41, 5.74) is 5.70. The molecule has 4 heteroatoms. The fraction of sp³-hybridized carbons (Fsp3) is 0.769. The number of nitrogens with one attached hydrogen (secondary N) is 1. The summed E-state index contributed by atoms with van der Waals surface area (Å²) in [4.78, 5) is 10.9. The molecule has 0 aromatic rings. The third kappa shape index (κ3) is 4.38. The molecule has 1 heterocycles. The second-order valence-electron chi connectivity index (χ2n) is 6.22. The van der Waals surface area contributed by atoms with Crippen LogP contribution in [-0.4, -0.2) is 23.1 Å². The quantitative estimate of drug-likeness (QED) is 0.583. The van der Waals surface area contributed by atoms with Crippen LogP contribution in [0.25, 0.3) is 0 Å². The Hall–Kier alpha value is -1.03. The number of rotatable bonds is 3. The maximum atomic E-state index is 10.9. The molecule has 1 fully saturated rings. The molecule has 4 nitrogen and oxygen atoms in total. The molecule has 1 aliphatic heterocycles. The van der Waals surface area contributed by atoms with Crippen LogP contribution < -0.4 is 11.1 Å². The van der Waals surface area contributed by atoms with E-state index in [0.29, 0.717) is 5.57 Å². The second kappa shape index (κ2) is 4.69. The lowest BCUT2D eigenvalue weighted by Gasteiger charge is -2.45. The monoisotopic (exact) mass is 240 g/mol. The van der Waals surface area contributed by atoms with Crippen molar-refractivity contribution < 1.29 is 9.53 Å². The fourth-order valence-corrected chi connectivity index (χ4v) is 2.58. The number of hydrogen-bond acceptors (Lipinski definition) is 3. The summed E-state index contributed by atoms with van der Waals surface area (Å²) < 4.78 is 5.67. The number of carbonyl (C=O) groups is 1. The first-order chi connectivity index (χ1) is 7.61. The van der Waals surface area contributed by atoms with Crippen molar-refractivity contribution in [3.8, 4) is 0 Å². The number of amides is 1. The third-order valence-electron chi connectivity index (χ3n) is 2.98. The van der Waals surface area contributed by atoms with Crippen LogP contribution in [0.2, 0.25) is 0 Å². The van der Waals surface area contributed by atoms with Gasteiger partial charge < -0.3 is 15.8 Å². The molecular formula is C13H24N2O2. The molecule has 0 spiro atoms. The van der Waals surface area contributed by atoms with Gasteiger partial charge in [-0.25, -0.2) is 0 Å². The van der Waals surface area contributed by atoms with Crippen LogP contribution in [0.5, 0.6) is 0 Å². The Morgan fingerprint density at radius 2 is 1.76 bits per heavy atom. The molecule has 1 amide bonds. The molecule has 0 atom stereocenters. The topological polar surface area (TPSA) is 64.3 Å². The van der Waals surface area contributed by atoms with Crippen LogP contribution in [0.4, 0.5) is 0 Å². The molecule has 17 heavy (non-hydrogen) atoms. The van der Waals surface area contributed by atoms with Gasteiger partial charge in [-0.1, -0.05) is 0 Å². The molecular weight excluding hydrogens is 216 g/mol. The summed E-state index contributed by atoms with van der Waals surface area (Å²) in [5.74, 6) is -0.433.